The predicted molar refractivity (Wildman–Crippen MR) is 132 cm³/mol. The van der Waals surface area contributed by atoms with E-state index in [0.29, 0.717) is 21.3 Å². The number of hydrogen-bond donors (Lipinski definition) is 1. The van der Waals surface area contributed by atoms with Gasteiger partial charge in [-0.1, -0.05) is 65.2 Å². The predicted octanol–water partition coefficient (Wildman–Crippen LogP) is 7.18. The molecule has 0 atom stereocenters. The number of carbonyl (C=O) groups is 1. The first-order valence-corrected chi connectivity index (χ1v) is 11.0. The molecule has 0 aliphatic heterocycles. The average Bonchev–Trinajstić information content (AvgIpc) is 2.83. The Bertz CT molecular complexity index is 1410. The van der Waals surface area contributed by atoms with Crippen molar-refractivity contribution >= 4 is 29.2 Å². The number of halogens is 2. The Morgan fingerprint density at radius 2 is 1.71 bits per heavy atom. The van der Waals surface area contributed by atoms with E-state index in [4.69, 9.17) is 38.0 Å². The van der Waals surface area contributed by atoms with Gasteiger partial charge < -0.3 is 9.84 Å². The topological polar surface area (TPSA) is 83.2 Å². The van der Waals surface area contributed by atoms with Crippen LogP contribution in [0.2, 0.25) is 10.0 Å². The molecule has 0 saturated heterocycles. The summed E-state index contributed by atoms with van der Waals surface area (Å²) < 4.78 is 5.90. The van der Waals surface area contributed by atoms with Crippen LogP contribution in [0.4, 0.5) is 0 Å². The maximum atomic E-state index is 11.1. The molecule has 0 amide bonds. The highest BCUT2D eigenvalue weighted by Gasteiger charge is 2.18. The lowest BCUT2D eigenvalue weighted by atomic mass is 9.97. The zero-order valence-corrected chi connectivity index (χ0v) is 19.6. The van der Waals surface area contributed by atoms with Gasteiger partial charge in [0.2, 0.25) is 5.88 Å². The number of carboxylic acids is 1. The van der Waals surface area contributed by atoms with Crippen LogP contribution in [0.3, 0.4) is 0 Å². The molecule has 0 unspecified atom stereocenters. The van der Waals surface area contributed by atoms with E-state index in [-0.39, 0.29) is 23.6 Å². The molecule has 34 heavy (non-hydrogen) atoms. The van der Waals surface area contributed by atoms with Gasteiger partial charge in [0.25, 0.3) is 0 Å². The first kappa shape index (κ1) is 23.3. The standard InChI is InChI=1S/C27H18Cl2N2O3/c1-16-2-6-18(7-3-16)23-12-20(14-30)26(31-25(23)22-11-10-21(28)13-24(22)29)34-15-17-4-8-19(9-5-17)27(32)33/h2-13H,15H2,1H3,(H,32,33). The normalized spacial score (nSPS) is 10.5. The van der Waals surface area contributed by atoms with Gasteiger partial charge in [-0.3, -0.25) is 0 Å². The van der Waals surface area contributed by atoms with Gasteiger partial charge >= 0.3 is 5.97 Å². The largest absolute Gasteiger partial charge is 0.478 e. The Morgan fingerprint density at radius 1 is 1.00 bits per heavy atom. The van der Waals surface area contributed by atoms with Crippen molar-refractivity contribution in [1.29, 1.82) is 5.26 Å². The Balaban J connectivity index is 1.78. The van der Waals surface area contributed by atoms with E-state index < -0.39 is 5.97 Å². The Labute approximate surface area is 206 Å². The smallest absolute Gasteiger partial charge is 0.335 e. The van der Waals surface area contributed by atoms with Gasteiger partial charge in [0.05, 0.1) is 16.3 Å². The molecule has 1 heterocycles. The number of nitrogens with zero attached hydrogens (tertiary/aromatic N) is 2. The van der Waals surface area contributed by atoms with Gasteiger partial charge in [-0.05, 0) is 54.4 Å². The summed E-state index contributed by atoms with van der Waals surface area (Å²) in [4.78, 5) is 15.8. The van der Waals surface area contributed by atoms with Gasteiger partial charge in [-0.2, -0.15) is 5.26 Å². The summed E-state index contributed by atoms with van der Waals surface area (Å²) >= 11 is 12.6. The molecule has 1 N–H and O–H groups in total. The maximum Gasteiger partial charge on any atom is 0.335 e. The van der Waals surface area contributed by atoms with Crippen molar-refractivity contribution in [3.05, 3.63) is 105 Å². The van der Waals surface area contributed by atoms with Crippen molar-refractivity contribution in [3.8, 4) is 34.3 Å². The first-order chi connectivity index (χ1) is 16.4. The van der Waals surface area contributed by atoms with Crippen molar-refractivity contribution in [2.45, 2.75) is 13.5 Å². The van der Waals surface area contributed by atoms with Crippen LogP contribution >= 0.6 is 23.2 Å². The highest BCUT2D eigenvalue weighted by Crippen LogP contribution is 2.38. The van der Waals surface area contributed by atoms with Crippen LogP contribution in [-0.2, 0) is 6.61 Å². The summed E-state index contributed by atoms with van der Waals surface area (Å²) in [7, 11) is 0. The van der Waals surface area contributed by atoms with Crippen molar-refractivity contribution in [2.75, 3.05) is 0 Å². The molecule has 0 aliphatic rings. The van der Waals surface area contributed by atoms with Crippen LogP contribution in [0, 0.1) is 18.3 Å². The van der Waals surface area contributed by atoms with Crippen molar-refractivity contribution in [2.24, 2.45) is 0 Å². The fourth-order valence-electron chi connectivity index (χ4n) is 3.42. The number of pyridine rings is 1. The van der Waals surface area contributed by atoms with Crippen LogP contribution in [0.1, 0.15) is 27.0 Å². The van der Waals surface area contributed by atoms with Crippen molar-refractivity contribution in [1.82, 2.24) is 4.98 Å². The van der Waals surface area contributed by atoms with Gasteiger partial charge in [0, 0.05) is 16.1 Å². The summed E-state index contributed by atoms with van der Waals surface area (Å²) in [6.45, 7) is 2.11. The number of benzene rings is 3. The lowest BCUT2D eigenvalue weighted by Crippen LogP contribution is -2.03. The highest BCUT2D eigenvalue weighted by atomic mass is 35.5. The lowest BCUT2D eigenvalue weighted by Gasteiger charge is -2.15. The zero-order valence-electron chi connectivity index (χ0n) is 18.0. The lowest BCUT2D eigenvalue weighted by molar-refractivity contribution is 0.0697. The second kappa shape index (κ2) is 9.96. The Kier molecular flexibility index (Phi) is 6.83. The third kappa shape index (κ3) is 5.04. The molecule has 0 bridgehead atoms. The van der Waals surface area contributed by atoms with Crippen LogP contribution in [0.25, 0.3) is 22.4 Å². The fourth-order valence-corrected chi connectivity index (χ4v) is 3.92. The van der Waals surface area contributed by atoms with Crippen LogP contribution in [0.15, 0.2) is 72.8 Å². The molecule has 1 aromatic heterocycles. The molecule has 0 spiro atoms. The highest BCUT2D eigenvalue weighted by molar-refractivity contribution is 6.36. The summed E-state index contributed by atoms with van der Waals surface area (Å²) in [5.74, 6) is -0.848. The number of rotatable bonds is 6. The van der Waals surface area contributed by atoms with E-state index in [1.165, 1.54) is 12.1 Å². The number of aryl methyl sites for hydroxylation is 1. The quantitative estimate of drug-likeness (QED) is 0.310. The summed E-state index contributed by atoms with van der Waals surface area (Å²) in [6.07, 6.45) is 0. The molecular weight excluding hydrogens is 471 g/mol. The van der Waals surface area contributed by atoms with E-state index >= 15 is 0 Å². The van der Waals surface area contributed by atoms with E-state index in [1.54, 1.807) is 36.4 Å². The molecule has 5 nitrogen and oxygen atoms in total. The van der Waals surface area contributed by atoms with Crippen LogP contribution < -0.4 is 4.74 Å². The molecule has 4 aromatic rings. The second-order valence-corrected chi connectivity index (χ2v) is 8.47. The molecule has 4 rings (SSSR count). The maximum absolute atomic E-state index is 11.1. The number of hydrogen-bond acceptors (Lipinski definition) is 4. The molecule has 168 valence electrons. The Morgan fingerprint density at radius 3 is 2.32 bits per heavy atom. The van der Waals surface area contributed by atoms with Gasteiger partial charge in [-0.25, -0.2) is 9.78 Å². The summed E-state index contributed by atoms with van der Waals surface area (Å²) in [5.41, 5.74) is 5.13. The van der Waals surface area contributed by atoms with E-state index in [0.717, 1.165) is 22.3 Å². The molecule has 7 heteroatoms. The second-order valence-electron chi connectivity index (χ2n) is 7.63. The molecule has 0 radical (unpaired) electrons. The van der Waals surface area contributed by atoms with Crippen LogP contribution in [-0.4, -0.2) is 16.1 Å². The SMILES string of the molecule is Cc1ccc(-c2cc(C#N)c(OCc3ccc(C(=O)O)cc3)nc2-c2ccc(Cl)cc2Cl)cc1. The number of carboxylic acid groups (broad SMARTS) is 1. The van der Waals surface area contributed by atoms with Gasteiger partial charge in [-0.15, -0.1) is 0 Å². The summed E-state index contributed by atoms with van der Waals surface area (Å²) in [5, 5.41) is 19.8. The molecule has 0 fully saturated rings. The minimum Gasteiger partial charge on any atom is -0.478 e. The fraction of sp³-hybridized carbons (Fsp3) is 0.0741. The monoisotopic (exact) mass is 488 g/mol. The zero-order chi connectivity index (χ0) is 24.2. The van der Waals surface area contributed by atoms with E-state index in [1.807, 2.05) is 31.2 Å². The average molecular weight is 489 g/mol. The van der Waals surface area contributed by atoms with Gasteiger partial charge in [0.15, 0.2) is 0 Å². The number of aromatic carboxylic acids is 1. The number of nitriles is 1. The van der Waals surface area contributed by atoms with E-state index in [9.17, 15) is 10.1 Å². The molecule has 0 saturated carbocycles. The Hall–Kier alpha value is -3.85. The molecule has 0 aliphatic carbocycles. The van der Waals surface area contributed by atoms with E-state index in [2.05, 4.69) is 6.07 Å². The van der Waals surface area contributed by atoms with Gasteiger partial charge in [0.1, 0.15) is 18.2 Å². The summed E-state index contributed by atoms with van der Waals surface area (Å²) in [6, 6.07) is 23.3. The minimum absolute atomic E-state index is 0.110. The first-order valence-electron chi connectivity index (χ1n) is 10.3. The van der Waals surface area contributed by atoms with Crippen LogP contribution in [0.5, 0.6) is 5.88 Å². The third-order valence-electron chi connectivity index (χ3n) is 5.23. The molecular formula is C27H18Cl2N2O3. The minimum atomic E-state index is -1.00. The van der Waals surface area contributed by atoms with Crippen molar-refractivity contribution in [3.63, 3.8) is 0 Å². The number of aromatic nitrogens is 1. The molecule has 3 aromatic carbocycles. The third-order valence-corrected chi connectivity index (χ3v) is 5.78. The number of ether oxygens (including phenoxy) is 1. The van der Waals surface area contributed by atoms with Crippen molar-refractivity contribution < 1.29 is 14.6 Å².